The fourth-order valence-electron chi connectivity index (χ4n) is 2.71. The standard InChI is InChI=1S/C17H15F3N4O3/c18-10-1-2-13-9(3-10)6-24(17(27)23-13)7-15(26)22-14(8-25)16-12(20)4-11(19)5-21-16/h1-5,14,25H,6-8H2,(H,22,26)(H,23,27). The van der Waals surface area contributed by atoms with E-state index in [4.69, 9.17) is 0 Å². The van der Waals surface area contributed by atoms with Gasteiger partial charge in [0.15, 0.2) is 0 Å². The second-order valence-corrected chi connectivity index (χ2v) is 5.91. The third-order valence-electron chi connectivity index (χ3n) is 3.98. The van der Waals surface area contributed by atoms with E-state index in [1.54, 1.807) is 0 Å². The molecule has 0 bridgehead atoms. The van der Waals surface area contributed by atoms with Crippen LogP contribution in [0.3, 0.4) is 0 Å². The van der Waals surface area contributed by atoms with Gasteiger partial charge in [-0.1, -0.05) is 0 Å². The third-order valence-corrected chi connectivity index (χ3v) is 3.98. The Labute approximate surface area is 151 Å². The van der Waals surface area contributed by atoms with Crippen LogP contribution in [-0.2, 0) is 11.3 Å². The molecule has 1 atom stereocenters. The Morgan fingerprint density at radius 2 is 2.07 bits per heavy atom. The zero-order chi connectivity index (χ0) is 19.6. The van der Waals surface area contributed by atoms with Crippen LogP contribution >= 0.6 is 0 Å². The number of carbonyl (C=O) groups excluding carboxylic acids is 2. The predicted octanol–water partition coefficient (Wildman–Crippen LogP) is 1.70. The maximum absolute atomic E-state index is 13.8. The number of nitrogens with zero attached hydrogens (tertiary/aromatic N) is 2. The van der Waals surface area contributed by atoms with Crippen LogP contribution in [0.15, 0.2) is 30.5 Å². The molecule has 3 rings (SSSR count). The van der Waals surface area contributed by atoms with Gasteiger partial charge in [-0.25, -0.2) is 18.0 Å². The maximum atomic E-state index is 13.8. The van der Waals surface area contributed by atoms with Gasteiger partial charge in [0.25, 0.3) is 0 Å². The molecule has 7 nitrogen and oxygen atoms in total. The van der Waals surface area contributed by atoms with Gasteiger partial charge < -0.3 is 20.6 Å². The fourth-order valence-corrected chi connectivity index (χ4v) is 2.71. The van der Waals surface area contributed by atoms with Crippen LogP contribution in [0.5, 0.6) is 0 Å². The normalized spacial score (nSPS) is 14.4. The molecule has 3 amide bonds. The molecule has 142 valence electrons. The Morgan fingerprint density at radius 3 is 2.78 bits per heavy atom. The van der Waals surface area contributed by atoms with E-state index in [9.17, 15) is 27.9 Å². The molecule has 0 spiro atoms. The van der Waals surface area contributed by atoms with Gasteiger partial charge >= 0.3 is 6.03 Å². The number of pyridine rings is 1. The number of hydrogen-bond acceptors (Lipinski definition) is 4. The van der Waals surface area contributed by atoms with E-state index in [0.29, 0.717) is 17.3 Å². The van der Waals surface area contributed by atoms with Crippen LogP contribution in [0.1, 0.15) is 17.3 Å². The lowest BCUT2D eigenvalue weighted by Gasteiger charge is -2.29. The highest BCUT2D eigenvalue weighted by Crippen LogP contribution is 2.24. The van der Waals surface area contributed by atoms with Gasteiger partial charge in [-0.3, -0.25) is 9.78 Å². The van der Waals surface area contributed by atoms with Crippen LogP contribution < -0.4 is 10.6 Å². The Bertz CT molecular complexity index is 894. The van der Waals surface area contributed by atoms with Crippen LogP contribution in [0.4, 0.5) is 23.7 Å². The number of fused-ring (bicyclic) bond motifs is 1. The predicted molar refractivity (Wildman–Crippen MR) is 88.0 cm³/mol. The summed E-state index contributed by atoms with van der Waals surface area (Å²) in [5.41, 5.74) is 0.610. The largest absolute Gasteiger partial charge is 0.394 e. The van der Waals surface area contributed by atoms with E-state index in [1.807, 2.05) is 0 Å². The average molecular weight is 380 g/mol. The number of benzene rings is 1. The molecule has 10 heteroatoms. The third kappa shape index (κ3) is 4.17. The minimum atomic E-state index is -1.21. The van der Waals surface area contributed by atoms with Crippen molar-refractivity contribution >= 4 is 17.6 Å². The topological polar surface area (TPSA) is 94.6 Å². The molecule has 1 aromatic carbocycles. The van der Waals surface area contributed by atoms with Crippen molar-refractivity contribution in [3.8, 4) is 0 Å². The van der Waals surface area contributed by atoms with Crippen molar-refractivity contribution in [2.24, 2.45) is 0 Å². The molecule has 27 heavy (non-hydrogen) atoms. The van der Waals surface area contributed by atoms with Crippen LogP contribution in [0.25, 0.3) is 0 Å². The fraction of sp³-hybridized carbons (Fsp3) is 0.235. The highest BCUT2D eigenvalue weighted by molar-refractivity contribution is 5.94. The van der Waals surface area contributed by atoms with Crippen molar-refractivity contribution in [2.75, 3.05) is 18.5 Å². The van der Waals surface area contributed by atoms with E-state index in [0.717, 1.165) is 11.1 Å². The number of urea groups is 1. The van der Waals surface area contributed by atoms with Crippen molar-refractivity contribution in [3.05, 3.63) is 59.2 Å². The number of hydrogen-bond donors (Lipinski definition) is 3. The summed E-state index contributed by atoms with van der Waals surface area (Å²) < 4.78 is 40.1. The molecule has 1 unspecified atom stereocenters. The number of aliphatic hydroxyl groups excluding tert-OH is 1. The number of anilines is 1. The second-order valence-electron chi connectivity index (χ2n) is 5.91. The second kappa shape index (κ2) is 7.62. The van der Waals surface area contributed by atoms with E-state index >= 15 is 0 Å². The first-order valence-corrected chi connectivity index (χ1v) is 7.93. The van der Waals surface area contributed by atoms with E-state index < -0.39 is 48.6 Å². The monoisotopic (exact) mass is 380 g/mol. The highest BCUT2D eigenvalue weighted by atomic mass is 19.1. The van der Waals surface area contributed by atoms with Gasteiger partial charge in [-0.15, -0.1) is 0 Å². The van der Waals surface area contributed by atoms with Crippen molar-refractivity contribution in [3.63, 3.8) is 0 Å². The molecule has 3 N–H and O–H groups in total. The van der Waals surface area contributed by atoms with Crippen LogP contribution in [0.2, 0.25) is 0 Å². The van der Waals surface area contributed by atoms with Gasteiger partial charge in [0.05, 0.1) is 25.4 Å². The Hall–Kier alpha value is -3.14. The number of aromatic nitrogens is 1. The van der Waals surface area contributed by atoms with Crippen LogP contribution in [-0.4, -0.2) is 40.1 Å². The van der Waals surface area contributed by atoms with Gasteiger partial charge in [-0.05, 0) is 23.8 Å². The number of amides is 3. The summed E-state index contributed by atoms with van der Waals surface area (Å²) >= 11 is 0. The summed E-state index contributed by atoms with van der Waals surface area (Å²) in [5, 5.41) is 14.3. The van der Waals surface area contributed by atoms with Crippen LogP contribution in [0, 0.1) is 17.5 Å². The first-order valence-electron chi connectivity index (χ1n) is 7.93. The maximum Gasteiger partial charge on any atom is 0.322 e. The average Bonchev–Trinajstić information content (AvgIpc) is 2.61. The zero-order valence-electron chi connectivity index (χ0n) is 13.9. The molecule has 1 aliphatic rings. The number of nitrogens with one attached hydrogen (secondary N) is 2. The summed E-state index contributed by atoms with van der Waals surface area (Å²) in [6.07, 6.45) is 0.761. The summed E-state index contributed by atoms with van der Waals surface area (Å²) in [6.45, 7) is -1.10. The molecule has 1 aliphatic heterocycles. The van der Waals surface area contributed by atoms with E-state index in [1.165, 1.54) is 18.2 Å². The number of aliphatic hydroxyl groups is 1. The first kappa shape index (κ1) is 18.6. The Balaban J connectivity index is 1.68. The molecule has 0 aliphatic carbocycles. The molecule has 2 heterocycles. The lowest BCUT2D eigenvalue weighted by Crippen LogP contribution is -2.46. The summed E-state index contributed by atoms with van der Waals surface area (Å²) in [4.78, 5) is 29.0. The van der Waals surface area contributed by atoms with Gasteiger partial charge in [0.2, 0.25) is 5.91 Å². The highest BCUT2D eigenvalue weighted by Gasteiger charge is 2.26. The molecular formula is C17H15F3N4O3. The summed E-state index contributed by atoms with van der Waals surface area (Å²) in [7, 11) is 0. The lowest BCUT2D eigenvalue weighted by atomic mass is 10.1. The first-order chi connectivity index (χ1) is 12.9. The molecule has 0 radical (unpaired) electrons. The minimum Gasteiger partial charge on any atom is -0.394 e. The minimum absolute atomic E-state index is 0.000697. The quantitative estimate of drug-likeness (QED) is 0.736. The lowest BCUT2D eigenvalue weighted by molar-refractivity contribution is -0.122. The Morgan fingerprint density at radius 1 is 1.30 bits per heavy atom. The summed E-state index contributed by atoms with van der Waals surface area (Å²) in [5.74, 6) is -3.09. The molecule has 0 saturated carbocycles. The zero-order valence-corrected chi connectivity index (χ0v) is 13.9. The number of rotatable bonds is 5. The number of carbonyl (C=O) groups is 2. The van der Waals surface area contributed by atoms with Gasteiger partial charge in [0.1, 0.15) is 29.7 Å². The molecule has 2 aromatic rings. The Kier molecular flexibility index (Phi) is 5.26. The molecule has 0 fully saturated rings. The molecular weight excluding hydrogens is 365 g/mol. The van der Waals surface area contributed by atoms with Crippen molar-refractivity contribution in [2.45, 2.75) is 12.6 Å². The smallest absolute Gasteiger partial charge is 0.322 e. The number of halogens is 3. The van der Waals surface area contributed by atoms with E-state index in [2.05, 4.69) is 15.6 Å². The van der Waals surface area contributed by atoms with E-state index in [-0.39, 0.29) is 12.2 Å². The molecule has 1 aromatic heterocycles. The molecule has 0 saturated heterocycles. The van der Waals surface area contributed by atoms with Crippen molar-refractivity contribution in [1.29, 1.82) is 0 Å². The summed E-state index contributed by atoms with van der Waals surface area (Å²) in [6, 6.07) is 2.68. The van der Waals surface area contributed by atoms with Crippen molar-refractivity contribution < 1.29 is 27.9 Å². The van der Waals surface area contributed by atoms with Crippen molar-refractivity contribution in [1.82, 2.24) is 15.2 Å². The van der Waals surface area contributed by atoms with Gasteiger partial charge in [0, 0.05) is 11.8 Å². The SMILES string of the molecule is O=C(CN1Cc2cc(F)ccc2NC1=O)NC(CO)c1ncc(F)cc1F. The van der Waals surface area contributed by atoms with Gasteiger partial charge in [-0.2, -0.15) is 0 Å².